The van der Waals surface area contributed by atoms with Gasteiger partial charge in [-0.2, -0.15) is 13.2 Å². The minimum atomic E-state index is -4.35. The minimum absolute atomic E-state index is 0.109. The first kappa shape index (κ1) is 12.7. The number of alkyl halides is 3. The largest absolute Gasteiger partial charge is 0.416 e. The Kier molecular flexibility index (Phi) is 4.40. The monoisotopic (exact) mass is 206 g/mol. The highest BCUT2D eigenvalue weighted by Crippen LogP contribution is 2.30. The maximum Gasteiger partial charge on any atom is 0.416 e. The molecule has 0 fully saturated rings. The molecule has 2 N–H and O–H groups in total. The van der Waals surface area contributed by atoms with Crippen LogP contribution >= 0.6 is 0 Å². The molecular weight excluding hydrogens is 193 g/mol. The third kappa shape index (κ3) is 3.64. The number of nitrogens with two attached hydrogens (primary N) is 1. The van der Waals surface area contributed by atoms with E-state index in [9.17, 15) is 13.2 Å². The maximum atomic E-state index is 12.1. The third-order valence-electron chi connectivity index (χ3n) is 1.30. The molecule has 5 heteroatoms. The first-order chi connectivity index (χ1) is 6.39. The van der Waals surface area contributed by atoms with E-state index in [1.807, 2.05) is 13.8 Å². The predicted octanol–water partition coefficient (Wildman–Crippen LogP) is 3.02. The van der Waals surface area contributed by atoms with Gasteiger partial charge in [-0.1, -0.05) is 13.8 Å². The Morgan fingerprint density at radius 2 is 1.71 bits per heavy atom. The standard InChI is InChI=1S/C7H7F3N2.C2H6/c1-4-2-5(7(8,9)10)3-6(11)12-4;1-2/h2-3H,1H3,(H2,11,12);1-2H3. The highest BCUT2D eigenvalue weighted by molar-refractivity contribution is 5.35. The fraction of sp³-hybridized carbons (Fsp3) is 0.444. The summed E-state index contributed by atoms with van der Waals surface area (Å²) < 4.78 is 36.2. The highest BCUT2D eigenvalue weighted by atomic mass is 19.4. The van der Waals surface area contributed by atoms with Crippen LogP contribution in [0.5, 0.6) is 0 Å². The first-order valence-corrected chi connectivity index (χ1v) is 4.21. The summed E-state index contributed by atoms with van der Waals surface area (Å²) in [4.78, 5) is 3.63. The van der Waals surface area contributed by atoms with Crippen molar-refractivity contribution in [3.8, 4) is 0 Å². The number of aryl methyl sites for hydroxylation is 1. The number of nitrogens with zero attached hydrogens (tertiary/aromatic N) is 1. The second kappa shape index (κ2) is 4.83. The van der Waals surface area contributed by atoms with Gasteiger partial charge in [0, 0.05) is 5.69 Å². The second-order valence-electron chi connectivity index (χ2n) is 2.42. The number of anilines is 1. The summed E-state index contributed by atoms with van der Waals surface area (Å²) in [5.74, 6) is -0.109. The van der Waals surface area contributed by atoms with Crippen LogP contribution in [-0.4, -0.2) is 4.98 Å². The van der Waals surface area contributed by atoms with Crippen molar-refractivity contribution in [2.24, 2.45) is 0 Å². The molecule has 80 valence electrons. The van der Waals surface area contributed by atoms with Crippen LogP contribution in [0, 0.1) is 6.92 Å². The molecule has 1 aromatic heterocycles. The van der Waals surface area contributed by atoms with Gasteiger partial charge in [0.25, 0.3) is 0 Å². The van der Waals surface area contributed by atoms with E-state index in [1.165, 1.54) is 6.92 Å². The van der Waals surface area contributed by atoms with E-state index in [-0.39, 0.29) is 11.5 Å². The summed E-state index contributed by atoms with van der Waals surface area (Å²) in [6, 6.07) is 1.77. The Morgan fingerprint density at radius 1 is 1.21 bits per heavy atom. The summed E-state index contributed by atoms with van der Waals surface area (Å²) in [7, 11) is 0. The molecule has 0 amide bonds. The SMILES string of the molecule is CC.Cc1cc(C(F)(F)F)cc(N)n1. The molecule has 0 saturated heterocycles. The van der Waals surface area contributed by atoms with Crippen molar-refractivity contribution in [3.63, 3.8) is 0 Å². The normalized spacial score (nSPS) is 10.4. The highest BCUT2D eigenvalue weighted by Gasteiger charge is 2.30. The molecule has 0 aliphatic rings. The molecule has 2 nitrogen and oxygen atoms in total. The molecule has 0 aromatic carbocycles. The lowest BCUT2D eigenvalue weighted by atomic mass is 10.2. The predicted molar refractivity (Wildman–Crippen MR) is 49.7 cm³/mol. The lowest BCUT2D eigenvalue weighted by Gasteiger charge is -2.07. The van der Waals surface area contributed by atoms with Crippen molar-refractivity contribution in [2.45, 2.75) is 26.9 Å². The smallest absolute Gasteiger partial charge is 0.384 e. The van der Waals surface area contributed by atoms with Crippen molar-refractivity contribution in [2.75, 3.05) is 5.73 Å². The van der Waals surface area contributed by atoms with Gasteiger partial charge in [0.2, 0.25) is 0 Å². The molecule has 0 radical (unpaired) electrons. The second-order valence-corrected chi connectivity index (χ2v) is 2.42. The molecule has 0 unspecified atom stereocenters. The van der Waals surface area contributed by atoms with Gasteiger partial charge in [0.1, 0.15) is 5.82 Å². The number of pyridine rings is 1. The molecule has 1 heterocycles. The van der Waals surface area contributed by atoms with Crippen molar-refractivity contribution in [3.05, 3.63) is 23.4 Å². The van der Waals surface area contributed by atoms with Crippen LogP contribution in [0.25, 0.3) is 0 Å². The van der Waals surface area contributed by atoms with E-state index >= 15 is 0 Å². The molecule has 0 atom stereocenters. The molecule has 0 spiro atoms. The van der Waals surface area contributed by atoms with E-state index in [1.54, 1.807) is 0 Å². The summed E-state index contributed by atoms with van der Waals surface area (Å²) in [6.45, 7) is 5.46. The number of nitrogen functional groups attached to an aromatic ring is 1. The zero-order valence-electron chi connectivity index (χ0n) is 8.31. The average Bonchev–Trinajstić information content (AvgIpc) is 2.04. The van der Waals surface area contributed by atoms with Crippen molar-refractivity contribution in [1.29, 1.82) is 0 Å². The fourth-order valence-electron chi connectivity index (χ4n) is 0.858. The van der Waals surface area contributed by atoms with Crippen LogP contribution in [0.2, 0.25) is 0 Å². The van der Waals surface area contributed by atoms with Crippen LogP contribution in [0.1, 0.15) is 25.1 Å². The molecule has 1 rings (SSSR count). The van der Waals surface area contributed by atoms with Crippen LogP contribution in [0.3, 0.4) is 0 Å². The van der Waals surface area contributed by atoms with Crippen LogP contribution < -0.4 is 5.73 Å². The zero-order valence-corrected chi connectivity index (χ0v) is 8.31. The Hall–Kier alpha value is -1.26. The lowest BCUT2D eigenvalue weighted by molar-refractivity contribution is -0.137. The van der Waals surface area contributed by atoms with Gasteiger partial charge < -0.3 is 5.73 Å². The van der Waals surface area contributed by atoms with Gasteiger partial charge in [0.05, 0.1) is 5.56 Å². The number of halogens is 3. The van der Waals surface area contributed by atoms with Crippen molar-refractivity contribution in [1.82, 2.24) is 4.98 Å². The number of rotatable bonds is 0. The summed E-state index contributed by atoms with van der Waals surface area (Å²) in [6.07, 6.45) is -4.35. The third-order valence-corrected chi connectivity index (χ3v) is 1.30. The van der Waals surface area contributed by atoms with Gasteiger partial charge in [0.15, 0.2) is 0 Å². The number of aromatic nitrogens is 1. The van der Waals surface area contributed by atoms with E-state index in [0.717, 1.165) is 12.1 Å². The Morgan fingerprint density at radius 3 is 2.07 bits per heavy atom. The topological polar surface area (TPSA) is 38.9 Å². The van der Waals surface area contributed by atoms with E-state index in [0.29, 0.717) is 0 Å². The molecule has 0 aliphatic heterocycles. The van der Waals surface area contributed by atoms with E-state index < -0.39 is 11.7 Å². The van der Waals surface area contributed by atoms with Crippen LogP contribution in [0.15, 0.2) is 12.1 Å². The first-order valence-electron chi connectivity index (χ1n) is 4.21. The van der Waals surface area contributed by atoms with E-state index in [2.05, 4.69) is 4.98 Å². The summed E-state index contributed by atoms with van der Waals surface area (Å²) >= 11 is 0. The van der Waals surface area contributed by atoms with Crippen molar-refractivity contribution >= 4 is 5.82 Å². The fourth-order valence-corrected chi connectivity index (χ4v) is 0.858. The molecule has 1 aromatic rings. The average molecular weight is 206 g/mol. The quantitative estimate of drug-likeness (QED) is 0.708. The number of hydrogen-bond acceptors (Lipinski definition) is 2. The molecular formula is C9H13F3N2. The number of hydrogen-bond donors (Lipinski definition) is 1. The van der Waals surface area contributed by atoms with Gasteiger partial charge in [-0.15, -0.1) is 0 Å². The maximum absolute atomic E-state index is 12.1. The Labute approximate surface area is 81.0 Å². The molecule has 0 saturated carbocycles. The molecule has 14 heavy (non-hydrogen) atoms. The van der Waals surface area contributed by atoms with E-state index in [4.69, 9.17) is 5.73 Å². The lowest BCUT2D eigenvalue weighted by Crippen LogP contribution is -2.07. The summed E-state index contributed by atoms with van der Waals surface area (Å²) in [5, 5.41) is 0. The molecule has 0 aliphatic carbocycles. The minimum Gasteiger partial charge on any atom is -0.384 e. The van der Waals surface area contributed by atoms with Crippen LogP contribution in [0.4, 0.5) is 19.0 Å². The zero-order chi connectivity index (χ0) is 11.4. The van der Waals surface area contributed by atoms with Gasteiger partial charge in [-0.3, -0.25) is 0 Å². The molecule has 0 bridgehead atoms. The Bertz CT molecular complexity index is 274. The van der Waals surface area contributed by atoms with Crippen molar-refractivity contribution < 1.29 is 13.2 Å². The van der Waals surface area contributed by atoms with Crippen LogP contribution in [-0.2, 0) is 6.18 Å². The Balaban J connectivity index is 0.000000791. The van der Waals surface area contributed by atoms with Gasteiger partial charge in [-0.25, -0.2) is 4.98 Å². The van der Waals surface area contributed by atoms with Gasteiger partial charge in [-0.05, 0) is 19.1 Å². The summed E-state index contributed by atoms with van der Waals surface area (Å²) in [5.41, 5.74) is 4.65. The van der Waals surface area contributed by atoms with Gasteiger partial charge >= 0.3 is 6.18 Å².